The number of thiophene rings is 1. The second-order valence-corrected chi connectivity index (χ2v) is 7.34. The molecule has 0 amide bonds. The first-order valence-corrected chi connectivity index (χ1v) is 8.18. The predicted octanol–water partition coefficient (Wildman–Crippen LogP) is 2.24. The SMILES string of the molecule is CC(CN1CCN(C)CC1)NCc1ccsc1Br. The van der Waals surface area contributed by atoms with Crippen LogP contribution in [0, 0.1) is 0 Å². The zero-order chi connectivity index (χ0) is 13.0. The number of rotatable bonds is 5. The van der Waals surface area contributed by atoms with Gasteiger partial charge in [-0.15, -0.1) is 11.3 Å². The van der Waals surface area contributed by atoms with E-state index < -0.39 is 0 Å². The molecule has 1 N–H and O–H groups in total. The zero-order valence-corrected chi connectivity index (χ0v) is 13.6. The Morgan fingerprint density at radius 1 is 1.39 bits per heavy atom. The topological polar surface area (TPSA) is 18.5 Å². The van der Waals surface area contributed by atoms with E-state index in [0.29, 0.717) is 6.04 Å². The van der Waals surface area contributed by atoms with Crippen LogP contribution in [0.25, 0.3) is 0 Å². The lowest BCUT2D eigenvalue weighted by molar-refractivity contribution is 0.144. The fourth-order valence-corrected chi connectivity index (χ4v) is 3.45. The van der Waals surface area contributed by atoms with Crippen molar-refractivity contribution in [1.29, 1.82) is 0 Å². The van der Waals surface area contributed by atoms with Crippen LogP contribution in [-0.4, -0.2) is 55.6 Å². The van der Waals surface area contributed by atoms with E-state index in [-0.39, 0.29) is 0 Å². The fourth-order valence-electron chi connectivity index (χ4n) is 2.21. The summed E-state index contributed by atoms with van der Waals surface area (Å²) >= 11 is 5.34. The molecule has 0 bridgehead atoms. The first-order valence-electron chi connectivity index (χ1n) is 6.51. The van der Waals surface area contributed by atoms with Crippen LogP contribution in [0.2, 0.25) is 0 Å². The van der Waals surface area contributed by atoms with Crippen molar-refractivity contribution >= 4 is 27.3 Å². The molecule has 0 spiro atoms. The van der Waals surface area contributed by atoms with Gasteiger partial charge in [0, 0.05) is 45.3 Å². The summed E-state index contributed by atoms with van der Waals surface area (Å²) in [4.78, 5) is 4.96. The summed E-state index contributed by atoms with van der Waals surface area (Å²) in [7, 11) is 2.20. The first kappa shape index (κ1) is 14.5. The van der Waals surface area contributed by atoms with E-state index >= 15 is 0 Å². The first-order chi connectivity index (χ1) is 8.65. The summed E-state index contributed by atoms with van der Waals surface area (Å²) in [5.41, 5.74) is 1.37. The van der Waals surface area contributed by atoms with Crippen LogP contribution >= 0.6 is 27.3 Å². The largest absolute Gasteiger partial charge is 0.309 e. The zero-order valence-electron chi connectivity index (χ0n) is 11.2. The maximum absolute atomic E-state index is 3.61. The van der Waals surface area contributed by atoms with E-state index in [1.165, 1.54) is 35.5 Å². The Labute approximate surface area is 122 Å². The maximum Gasteiger partial charge on any atom is 0.0743 e. The molecule has 1 unspecified atom stereocenters. The summed E-state index contributed by atoms with van der Waals surface area (Å²) in [6.45, 7) is 9.17. The number of hydrogen-bond acceptors (Lipinski definition) is 4. The molecule has 3 nitrogen and oxygen atoms in total. The van der Waals surface area contributed by atoms with Crippen LogP contribution in [0.5, 0.6) is 0 Å². The molecule has 2 heterocycles. The minimum Gasteiger partial charge on any atom is -0.309 e. The second-order valence-electron chi connectivity index (χ2n) is 5.11. The monoisotopic (exact) mass is 331 g/mol. The van der Waals surface area contributed by atoms with Gasteiger partial charge in [-0.25, -0.2) is 0 Å². The average molecular weight is 332 g/mol. The summed E-state index contributed by atoms with van der Waals surface area (Å²) in [5.74, 6) is 0. The maximum atomic E-state index is 3.61. The van der Waals surface area contributed by atoms with Gasteiger partial charge < -0.3 is 10.2 Å². The third kappa shape index (κ3) is 4.31. The normalized spacial score (nSPS) is 20.2. The van der Waals surface area contributed by atoms with Crippen LogP contribution in [0.3, 0.4) is 0 Å². The van der Waals surface area contributed by atoms with Crippen molar-refractivity contribution in [2.24, 2.45) is 0 Å². The van der Waals surface area contributed by atoms with Crippen molar-refractivity contribution < 1.29 is 0 Å². The Kier molecular flexibility index (Phi) is 5.63. The molecule has 2 rings (SSSR count). The van der Waals surface area contributed by atoms with E-state index in [2.05, 4.69) is 56.5 Å². The number of piperazine rings is 1. The molecule has 1 aliphatic rings. The quantitative estimate of drug-likeness (QED) is 0.892. The molecule has 0 aromatic carbocycles. The van der Waals surface area contributed by atoms with Crippen molar-refractivity contribution in [1.82, 2.24) is 15.1 Å². The van der Waals surface area contributed by atoms with Crippen LogP contribution in [0.15, 0.2) is 15.2 Å². The fraction of sp³-hybridized carbons (Fsp3) is 0.692. The smallest absolute Gasteiger partial charge is 0.0743 e. The molecule has 1 atom stereocenters. The summed E-state index contributed by atoms with van der Waals surface area (Å²) < 4.78 is 1.25. The number of halogens is 1. The Morgan fingerprint density at radius 2 is 2.11 bits per heavy atom. The van der Waals surface area contributed by atoms with Gasteiger partial charge in [-0.1, -0.05) is 0 Å². The number of nitrogens with zero attached hydrogens (tertiary/aromatic N) is 2. The lowest BCUT2D eigenvalue weighted by atomic mass is 10.2. The number of likely N-dealkylation sites (N-methyl/N-ethyl adjacent to an activating group) is 1. The van der Waals surface area contributed by atoms with Crippen molar-refractivity contribution in [3.8, 4) is 0 Å². The third-order valence-corrected chi connectivity index (χ3v) is 5.27. The molecule has 102 valence electrons. The van der Waals surface area contributed by atoms with Gasteiger partial charge in [0.15, 0.2) is 0 Å². The van der Waals surface area contributed by atoms with Crippen LogP contribution in [0.1, 0.15) is 12.5 Å². The summed E-state index contributed by atoms with van der Waals surface area (Å²) in [5, 5.41) is 5.74. The van der Waals surface area contributed by atoms with E-state index in [1.54, 1.807) is 11.3 Å². The van der Waals surface area contributed by atoms with Gasteiger partial charge in [-0.05, 0) is 46.9 Å². The molecule has 1 aliphatic heterocycles. The van der Waals surface area contributed by atoms with E-state index in [0.717, 1.165) is 13.1 Å². The van der Waals surface area contributed by atoms with E-state index in [9.17, 15) is 0 Å². The lowest BCUT2D eigenvalue weighted by Gasteiger charge is -2.34. The highest BCUT2D eigenvalue weighted by Gasteiger charge is 2.15. The van der Waals surface area contributed by atoms with Crippen molar-refractivity contribution in [3.05, 3.63) is 20.8 Å². The highest BCUT2D eigenvalue weighted by Crippen LogP contribution is 2.23. The van der Waals surface area contributed by atoms with Crippen LogP contribution < -0.4 is 5.32 Å². The minimum atomic E-state index is 0.542. The summed E-state index contributed by atoms with van der Waals surface area (Å²) in [6, 6.07) is 2.73. The minimum absolute atomic E-state index is 0.542. The number of nitrogens with one attached hydrogen (secondary N) is 1. The molecule has 5 heteroatoms. The van der Waals surface area contributed by atoms with Crippen LogP contribution in [0.4, 0.5) is 0 Å². The third-order valence-electron chi connectivity index (χ3n) is 3.46. The van der Waals surface area contributed by atoms with Gasteiger partial charge in [0.05, 0.1) is 3.79 Å². The summed E-state index contributed by atoms with van der Waals surface area (Å²) in [6.07, 6.45) is 0. The van der Waals surface area contributed by atoms with Gasteiger partial charge in [0.2, 0.25) is 0 Å². The molecule has 0 aliphatic carbocycles. The molecular formula is C13H22BrN3S. The molecule has 1 aromatic heterocycles. The molecule has 1 aromatic rings. The van der Waals surface area contributed by atoms with Gasteiger partial charge in [-0.2, -0.15) is 0 Å². The Balaban J connectivity index is 1.69. The molecule has 18 heavy (non-hydrogen) atoms. The van der Waals surface area contributed by atoms with Crippen molar-refractivity contribution in [3.63, 3.8) is 0 Å². The molecule has 1 fully saturated rings. The van der Waals surface area contributed by atoms with Crippen LogP contribution in [-0.2, 0) is 6.54 Å². The average Bonchev–Trinajstić information content (AvgIpc) is 2.75. The Morgan fingerprint density at radius 3 is 2.72 bits per heavy atom. The van der Waals surface area contributed by atoms with Gasteiger partial charge in [0.25, 0.3) is 0 Å². The van der Waals surface area contributed by atoms with Crippen molar-refractivity contribution in [2.45, 2.75) is 19.5 Å². The van der Waals surface area contributed by atoms with Crippen molar-refractivity contribution in [2.75, 3.05) is 39.8 Å². The predicted molar refractivity (Wildman–Crippen MR) is 82.3 cm³/mol. The van der Waals surface area contributed by atoms with Gasteiger partial charge in [0.1, 0.15) is 0 Å². The van der Waals surface area contributed by atoms with E-state index in [1.807, 2.05) is 0 Å². The molecule has 1 saturated heterocycles. The second kappa shape index (κ2) is 7.01. The molecule has 0 saturated carbocycles. The Hall–Kier alpha value is 0.0600. The molecular weight excluding hydrogens is 310 g/mol. The van der Waals surface area contributed by atoms with Gasteiger partial charge >= 0.3 is 0 Å². The highest BCUT2D eigenvalue weighted by atomic mass is 79.9. The standard InChI is InChI=1S/C13H22BrN3S/c1-11(10-17-6-4-16(2)5-7-17)15-9-12-3-8-18-13(12)14/h3,8,11,15H,4-7,9-10H2,1-2H3. The lowest BCUT2D eigenvalue weighted by Crippen LogP contribution is -2.48. The van der Waals surface area contributed by atoms with E-state index in [4.69, 9.17) is 0 Å². The Bertz CT molecular complexity index is 361. The molecule has 0 radical (unpaired) electrons. The van der Waals surface area contributed by atoms with Gasteiger partial charge in [-0.3, -0.25) is 4.90 Å². The highest BCUT2D eigenvalue weighted by molar-refractivity contribution is 9.11. The number of hydrogen-bond donors (Lipinski definition) is 1.